The monoisotopic (exact) mass is 246 g/mol. The van der Waals surface area contributed by atoms with E-state index in [1.165, 1.54) is 50.9 Å². The van der Waals surface area contributed by atoms with Crippen molar-refractivity contribution < 1.29 is 0 Å². The van der Waals surface area contributed by atoms with Crippen molar-refractivity contribution >= 4 is 0 Å². The number of likely N-dealkylation sites (tertiary alicyclic amines) is 1. The van der Waals surface area contributed by atoms with Crippen LogP contribution in [0, 0.1) is 5.41 Å². The summed E-state index contributed by atoms with van der Waals surface area (Å²) in [4.78, 5) is 2.58. The molecule has 0 spiro atoms. The second-order valence-electron chi connectivity index (χ2n) is 5.98. The predicted octanol–water partition coefficient (Wildman–Crippen LogP) is 2.68. The van der Waals surface area contributed by atoms with E-state index in [1.54, 1.807) is 0 Å². The van der Waals surface area contributed by atoms with Crippen LogP contribution in [0.1, 0.15) is 31.7 Å². The molecule has 0 aliphatic carbocycles. The van der Waals surface area contributed by atoms with Crippen LogP contribution >= 0.6 is 0 Å². The van der Waals surface area contributed by atoms with Gasteiger partial charge in [0.05, 0.1) is 0 Å². The molecule has 1 saturated heterocycles. The molecule has 2 N–H and O–H groups in total. The number of aryl methyl sites for hydroxylation is 1. The van der Waals surface area contributed by atoms with Gasteiger partial charge in [0.2, 0.25) is 0 Å². The average molecular weight is 246 g/mol. The molecule has 18 heavy (non-hydrogen) atoms. The molecule has 2 heteroatoms. The van der Waals surface area contributed by atoms with E-state index in [0.717, 1.165) is 6.54 Å². The van der Waals surface area contributed by atoms with Crippen molar-refractivity contribution in [1.29, 1.82) is 0 Å². The van der Waals surface area contributed by atoms with Crippen molar-refractivity contribution in [2.24, 2.45) is 11.1 Å². The minimum Gasteiger partial charge on any atom is -0.330 e. The quantitative estimate of drug-likeness (QED) is 0.782. The lowest BCUT2D eigenvalue weighted by Crippen LogP contribution is -2.31. The van der Waals surface area contributed by atoms with Crippen molar-refractivity contribution in [2.75, 3.05) is 26.2 Å². The molecule has 1 atom stereocenters. The van der Waals surface area contributed by atoms with Crippen LogP contribution in [0.3, 0.4) is 0 Å². The van der Waals surface area contributed by atoms with E-state index < -0.39 is 0 Å². The predicted molar refractivity (Wildman–Crippen MR) is 77.6 cm³/mol. The van der Waals surface area contributed by atoms with Gasteiger partial charge in [0.1, 0.15) is 0 Å². The zero-order valence-electron chi connectivity index (χ0n) is 11.6. The van der Waals surface area contributed by atoms with Gasteiger partial charge in [-0.15, -0.1) is 0 Å². The highest BCUT2D eigenvalue weighted by molar-refractivity contribution is 5.14. The van der Waals surface area contributed by atoms with Crippen molar-refractivity contribution in [3.8, 4) is 0 Å². The van der Waals surface area contributed by atoms with E-state index >= 15 is 0 Å². The number of nitrogens with zero attached hydrogens (tertiary/aromatic N) is 1. The van der Waals surface area contributed by atoms with Crippen molar-refractivity contribution in [3.05, 3.63) is 35.9 Å². The largest absolute Gasteiger partial charge is 0.330 e. The Morgan fingerprint density at radius 2 is 2.00 bits per heavy atom. The summed E-state index contributed by atoms with van der Waals surface area (Å²) in [5.74, 6) is 0. The van der Waals surface area contributed by atoms with Crippen LogP contribution in [0.25, 0.3) is 0 Å². The molecule has 1 fully saturated rings. The number of hydrogen-bond donors (Lipinski definition) is 1. The van der Waals surface area contributed by atoms with Crippen LogP contribution in [0.15, 0.2) is 30.3 Å². The van der Waals surface area contributed by atoms with Gasteiger partial charge >= 0.3 is 0 Å². The third kappa shape index (κ3) is 3.82. The maximum Gasteiger partial charge on any atom is 0.00479 e. The second-order valence-corrected chi connectivity index (χ2v) is 5.98. The van der Waals surface area contributed by atoms with E-state index in [2.05, 4.69) is 42.2 Å². The molecular formula is C16H26N2. The fourth-order valence-electron chi connectivity index (χ4n) is 2.79. The molecule has 2 rings (SSSR count). The molecule has 2 nitrogen and oxygen atoms in total. The molecule has 100 valence electrons. The lowest BCUT2D eigenvalue weighted by molar-refractivity contribution is 0.276. The molecule has 0 radical (unpaired) electrons. The molecule has 1 heterocycles. The molecular weight excluding hydrogens is 220 g/mol. The first kappa shape index (κ1) is 13.6. The van der Waals surface area contributed by atoms with Crippen LogP contribution in [0.2, 0.25) is 0 Å². The lowest BCUT2D eigenvalue weighted by Gasteiger charge is -2.22. The van der Waals surface area contributed by atoms with Crippen LogP contribution in [0.5, 0.6) is 0 Å². The van der Waals surface area contributed by atoms with Crippen molar-refractivity contribution in [3.63, 3.8) is 0 Å². The summed E-state index contributed by atoms with van der Waals surface area (Å²) in [6.07, 6.45) is 5.07. The van der Waals surface area contributed by atoms with Gasteiger partial charge in [-0.05, 0) is 56.3 Å². The smallest absolute Gasteiger partial charge is 0.00479 e. The molecule has 1 aromatic carbocycles. The van der Waals surface area contributed by atoms with E-state index in [9.17, 15) is 0 Å². The molecule has 1 aromatic rings. The molecule has 1 aliphatic heterocycles. The van der Waals surface area contributed by atoms with Gasteiger partial charge in [-0.3, -0.25) is 0 Å². The Balaban J connectivity index is 1.62. The molecule has 0 bridgehead atoms. The van der Waals surface area contributed by atoms with E-state index in [1.807, 2.05) is 0 Å². The highest BCUT2D eigenvalue weighted by atomic mass is 15.2. The Labute approximate surface area is 111 Å². The van der Waals surface area contributed by atoms with Gasteiger partial charge in [-0.25, -0.2) is 0 Å². The van der Waals surface area contributed by atoms with Gasteiger partial charge in [0, 0.05) is 6.54 Å². The zero-order valence-corrected chi connectivity index (χ0v) is 11.6. The number of unbranched alkanes of at least 4 members (excludes halogenated alkanes) is 1. The fraction of sp³-hybridized carbons (Fsp3) is 0.625. The van der Waals surface area contributed by atoms with E-state index in [0.29, 0.717) is 5.41 Å². The summed E-state index contributed by atoms with van der Waals surface area (Å²) < 4.78 is 0. The maximum atomic E-state index is 5.83. The molecule has 0 aromatic heterocycles. The van der Waals surface area contributed by atoms with Gasteiger partial charge in [0.25, 0.3) is 0 Å². The first-order chi connectivity index (χ1) is 8.72. The molecule has 1 aliphatic rings. The third-order valence-corrected chi connectivity index (χ3v) is 4.16. The number of rotatable bonds is 6. The number of benzene rings is 1. The SMILES string of the molecule is CC1(CN)CCN(CCCCc2ccccc2)C1. The topological polar surface area (TPSA) is 29.3 Å². The number of nitrogens with two attached hydrogens (primary N) is 1. The third-order valence-electron chi connectivity index (χ3n) is 4.16. The van der Waals surface area contributed by atoms with Gasteiger partial charge in [-0.1, -0.05) is 37.3 Å². The summed E-state index contributed by atoms with van der Waals surface area (Å²) in [6, 6.07) is 10.8. The molecule has 1 unspecified atom stereocenters. The van der Waals surface area contributed by atoms with Crippen LogP contribution < -0.4 is 5.73 Å². The summed E-state index contributed by atoms with van der Waals surface area (Å²) in [7, 11) is 0. The standard InChI is InChI=1S/C16H26N2/c1-16(13-17)10-12-18(14-16)11-6-5-9-15-7-3-2-4-8-15/h2-4,7-8H,5-6,9-14,17H2,1H3. The van der Waals surface area contributed by atoms with Crippen LogP contribution in [0.4, 0.5) is 0 Å². The van der Waals surface area contributed by atoms with Crippen molar-refractivity contribution in [1.82, 2.24) is 4.90 Å². The van der Waals surface area contributed by atoms with Crippen molar-refractivity contribution in [2.45, 2.75) is 32.6 Å². The minimum atomic E-state index is 0.374. The summed E-state index contributed by atoms with van der Waals surface area (Å²) in [6.45, 7) is 6.81. The normalized spacial score (nSPS) is 24.6. The zero-order chi connectivity index (χ0) is 12.8. The Morgan fingerprint density at radius 1 is 1.22 bits per heavy atom. The van der Waals surface area contributed by atoms with Crippen LogP contribution in [-0.2, 0) is 6.42 Å². The lowest BCUT2D eigenvalue weighted by atomic mass is 9.90. The summed E-state index contributed by atoms with van der Waals surface area (Å²) >= 11 is 0. The Hall–Kier alpha value is -0.860. The molecule has 0 saturated carbocycles. The minimum absolute atomic E-state index is 0.374. The summed E-state index contributed by atoms with van der Waals surface area (Å²) in [5.41, 5.74) is 7.67. The number of hydrogen-bond acceptors (Lipinski definition) is 2. The first-order valence-corrected chi connectivity index (χ1v) is 7.18. The van der Waals surface area contributed by atoms with Gasteiger partial charge in [0.15, 0.2) is 0 Å². The highest BCUT2D eigenvalue weighted by Gasteiger charge is 2.31. The Kier molecular flexibility index (Phi) is 4.79. The first-order valence-electron chi connectivity index (χ1n) is 7.18. The average Bonchev–Trinajstić information content (AvgIpc) is 2.79. The summed E-state index contributed by atoms with van der Waals surface area (Å²) in [5, 5.41) is 0. The van der Waals surface area contributed by atoms with Crippen LogP contribution in [-0.4, -0.2) is 31.1 Å². The Morgan fingerprint density at radius 3 is 2.67 bits per heavy atom. The second kappa shape index (κ2) is 6.35. The maximum absolute atomic E-state index is 5.83. The van der Waals surface area contributed by atoms with Gasteiger partial charge < -0.3 is 10.6 Å². The van der Waals surface area contributed by atoms with E-state index in [4.69, 9.17) is 5.73 Å². The van der Waals surface area contributed by atoms with E-state index in [-0.39, 0.29) is 0 Å². The Bertz CT molecular complexity index is 349. The fourth-order valence-corrected chi connectivity index (χ4v) is 2.79. The highest BCUT2D eigenvalue weighted by Crippen LogP contribution is 2.28. The molecule has 0 amide bonds. The van der Waals surface area contributed by atoms with Gasteiger partial charge in [-0.2, -0.15) is 0 Å².